The minimum absolute atomic E-state index is 0.0704. The van der Waals surface area contributed by atoms with Crippen LogP contribution in [0.1, 0.15) is 50.5 Å². The lowest BCUT2D eigenvalue weighted by atomic mass is 10.0. The van der Waals surface area contributed by atoms with Gasteiger partial charge in [-0.2, -0.15) is 5.10 Å². The number of aryl methyl sites for hydroxylation is 1. The van der Waals surface area contributed by atoms with Crippen LogP contribution in [0.25, 0.3) is 0 Å². The van der Waals surface area contributed by atoms with Crippen molar-refractivity contribution in [2.24, 2.45) is 13.0 Å². The molecule has 0 spiro atoms. The lowest BCUT2D eigenvalue weighted by Gasteiger charge is -2.14. The standard InChI is InChI=1S/C13H22BrN3O/c1-9(2)6-5-7-10(3)16-13(18)12-11(14)8-15-17(12)4/h8-10H,5-7H2,1-4H3,(H,16,18). The Hall–Kier alpha value is -0.840. The highest BCUT2D eigenvalue weighted by molar-refractivity contribution is 9.10. The van der Waals surface area contributed by atoms with E-state index in [1.165, 1.54) is 6.42 Å². The number of nitrogens with one attached hydrogen (secondary N) is 1. The molecule has 1 amide bonds. The van der Waals surface area contributed by atoms with Gasteiger partial charge in [-0.15, -0.1) is 0 Å². The SMILES string of the molecule is CC(C)CCCC(C)NC(=O)c1c(Br)cnn1C. The minimum Gasteiger partial charge on any atom is -0.348 e. The third-order valence-electron chi connectivity index (χ3n) is 2.91. The molecule has 0 saturated heterocycles. The van der Waals surface area contributed by atoms with Gasteiger partial charge in [0.25, 0.3) is 5.91 Å². The van der Waals surface area contributed by atoms with Crippen LogP contribution in [-0.4, -0.2) is 21.7 Å². The lowest BCUT2D eigenvalue weighted by molar-refractivity contribution is 0.0927. The van der Waals surface area contributed by atoms with Gasteiger partial charge in [0.05, 0.1) is 10.7 Å². The summed E-state index contributed by atoms with van der Waals surface area (Å²) >= 11 is 3.34. The van der Waals surface area contributed by atoms with Gasteiger partial charge in [0, 0.05) is 13.1 Å². The normalized spacial score (nSPS) is 12.8. The van der Waals surface area contributed by atoms with Crippen molar-refractivity contribution in [2.45, 2.75) is 46.1 Å². The van der Waals surface area contributed by atoms with Crippen molar-refractivity contribution in [1.29, 1.82) is 0 Å². The van der Waals surface area contributed by atoms with Gasteiger partial charge >= 0.3 is 0 Å². The van der Waals surface area contributed by atoms with Crippen LogP contribution in [0.5, 0.6) is 0 Å². The largest absolute Gasteiger partial charge is 0.348 e. The number of hydrogen-bond acceptors (Lipinski definition) is 2. The van der Waals surface area contributed by atoms with Gasteiger partial charge in [-0.25, -0.2) is 0 Å². The number of halogens is 1. The lowest BCUT2D eigenvalue weighted by Crippen LogP contribution is -2.34. The molecule has 1 unspecified atom stereocenters. The zero-order valence-electron chi connectivity index (χ0n) is 11.5. The highest BCUT2D eigenvalue weighted by Crippen LogP contribution is 2.15. The predicted molar refractivity (Wildman–Crippen MR) is 76.5 cm³/mol. The summed E-state index contributed by atoms with van der Waals surface area (Å²) in [4.78, 5) is 12.1. The van der Waals surface area contributed by atoms with Crippen LogP contribution in [0.2, 0.25) is 0 Å². The van der Waals surface area contributed by atoms with E-state index in [0.29, 0.717) is 5.69 Å². The smallest absolute Gasteiger partial charge is 0.270 e. The number of aromatic nitrogens is 2. The van der Waals surface area contributed by atoms with E-state index in [0.717, 1.165) is 23.2 Å². The number of rotatable bonds is 6. The van der Waals surface area contributed by atoms with Crippen molar-refractivity contribution in [3.8, 4) is 0 Å². The first-order chi connectivity index (χ1) is 8.41. The van der Waals surface area contributed by atoms with Crippen LogP contribution in [0.15, 0.2) is 10.7 Å². The average Bonchev–Trinajstić information content (AvgIpc) is 2.57. The second-order valence-corrected chi connectivity index (χ2v) is 6.02. The molecule has 0 bridgehead atoms. The van der Waals surface area contributed by atoms with Gasteiger partial charge < -0.3 is 5.32 Å². The Balaban J connectivity index is 2.45. The molecule has 1 aromatic rings. The van der Waals surface area contributed by atoms with E-state index in [1.54, 1.807) is 17.9 Å². The molecule has 1 rings (SSSR count). The van der Waals surface area contributed by atoms with E-state index in [9.17, 15) is 4.79 Å². The molecule has 1 aromatic heterocycles. The van der Waals surface area contributed by atoms with Gasteiger partial charge in [0.15, 0.2) is 0 Å². The molecular weight excluding hydrogens is 294 g/mol. The summed E-state index contributed by atoms with van der Waals surface area (Å²) in [6.45, 7) is 6.48. The van der Waals surface area contributed by atoms with Crippen LogP contribution in [0.3, 0.4) is 0 Å². The van der Waals surface area contributed by atoms with Crippen molar-refractivity contribution >= 4 is 21.8 Å². The fourth-order valence-corrected chi connectivity index (χ4v) is 2.39. The quantitative estimate of drug-likeness (QED) is 0.876. The molecule has 0 aliphatic heterocycles. The zero-order valence-corrected chi connectivity index (χ0v) is 13.1. The molecule has 5 heteroatoms. The van der Waals surface area contributed by atoms with Crippen molar-refractivity contribution in [3.05, 3.63) is 16.4 Å². The first-order valence-electron chi connectivity index (χ1n) is 6.40. The first-order valence-corrected chi connectivity index (χ1v) is 7.19. The fraction of sp³-hybridized carbons (Fsp3) is 0.692. The second kappa shape index (κ2) is 6.92. The summed E-state index contributed by atoms with van der Waals surface area (Å²) in [7, 11) is 1.77. The van der Waals surface area contributed by atoms with Gasteiger partial charge in [-0.3, -0.25) is 9.48 Å². The van der Waals surface area contributed by atoms with E-state index < -0.39 is 0 Å². The molecule has 0 aromatic carbocycles. The van der Waals surface area contributed by atoms with Gasteiger partial charge in [0.2, 0.25) is 0 Å². The van der Waals surface area contributed by atoms with Crippen molar-refractivity contribution in [2.75, 3.05) is 0 Å². The van der Waals surface area contributed by atoms with E-state index in [4.69, 9.17) is 0 Å². The third-order valence-corrected chi connectivity index (χ3v) is 3.49. The van der Waals surface area contributed by atoms with Crippen LogP contribution >= 0.6 is 15.9 Å². The molecule has 102 valence electrons. The Bertz CT molecular complexity index is 381. The molecule has 1 N–H and O–H groups in total. The summed E-state index contributed by atoms with van der Waals surface area (Å²) in [6.07, 6.45) is 5.00. The van der Waals surface area contributed by atoms with Crippen LogP contribution < -0.4 is 5.32 Å². The maximum Gasteiger partial charge on any atom is 0.270 e. The average molecular weight is 316 g/mol. The predicted octanol–water partition coefficient (Wildman–Crippen LogP) is 3.13. The highest BCUT2D eigenvalue weighted by Gasteiger charge is 2.16. The second-order valence-electron chi connectivity index (χ2n) is 5.16. The maximum atomic E-state index is 12.1. The molecule has 0 aliphatic rings. The third kappa shape index (κ3) is 4.44. The monoisotopic (exact) mass is 315 g/mol. The minimum atomic E-state index is -0.0704. The summed E-state index contributed by atoms with van der Waals surface area (Å²) in [5.74, 6) is 0.651. The van der Waals surface area contributed by atoms with Crippen molar-refractivity contribution in [1.82, 2.24) is 15.1 Å². The Kier molecular flexibility index (Phi) is 5.85. The molecule has 0 radical (unpaired) electrons. The number of amides is 1. The van der Waals surface area contributed by atoms with Crippen LogP contribution in [-0.2, 0) is 7.05 Å². The van der Waals surface area contributed by atoms with E-state index in [1.807, 2.05) is 6.92 Å². The summed E-state index contributed by atoms with van der Waals surface area (Å²) in [5.41, 5.74) is 0.575. The molecule has 0 saturated carbocycles. The van der Waals surface area contributed by atoms with E-state index in [2.05, 4.69) is 40.2 Å². The summed E-state index contributed by atoms with van der Waals surface area (Å²) in [6, 6.07) is 0.193. The number of nitrogens with zero attached hydrogens (tertiary/aromatic N) is 2. The molecule has 18 heavy (non-hydrogen) atoms. The number of carbonyl (C=O) groups excluding carboxylic acids is 1. The first kappa shape index (κ1) is 15.2. The Morgan fingerprint density at radius 3 is 2.61 bits per heavy atom. The highest BCUT2D eigenvalue weighted by atomic mass is 79.9. The van der Waals surface area contributed by atoms with Crippen LogP contribution in [0.4, 0.5) is 0 Å². The van der Waals surface area contributed by atoms with Crippen molar-refractivity contribution in [3.63, 3.8) is 0 Å². The van der Waals surface area contributed by atoms with Gasteiger partial charge in [-0.1, -0.05) is 26.7 Å². The Morgan fingerprint density at radius 2 is 2.11 bits per heavy atom. The number of hydrogen-bond donors (Lipinski definition) is 1. The fourth-order valence-electron chi connectivity index (χ4n) is 1.86. The molecular formula is C13H22BrN3O. The van der Waals surface area contributed by atoms with Crippen molar-refractivity contribution < 1.29 is 4.79 Å². The topological polar surface area (TPSA) is 46.9 Å². The molecule has 0 fully saturated rings. The Morgan fingerprint density at radius 1 is 1.44 bits per heavy atom. The van der Waals surface area contributed by atoms with E-state index >= 15 is 0 Å². The number of carbonyl (C=O) groups is 1. The molecule has 1 atom stereocenters. The van der Waals surface area contributed by atoms with Gasteiger partial charge in [0.1, 0.15) is 5.69 Å². The molecule has 4 nitrogen and oxygen atoms in total. The van der Waals surface area contributed by atoms with Gasteiger partial charge in [-0.05, 0) is 35.2 Å². The summed E-state index contributed by atoms with van der Waals surface area (Å²) in [5, 5.41) is 7.05. The molecule has 1 heterocycles. The van der Waals surface area contributed by atoms with E-state index in [-0.39, 0.29) is 11.9 Å². The summed E-state index contributed by atoms with van der Waals surface area (Å²) < 4.78 is 2.32. The zero-order chi connectivity index (χ0) is 13.7. The Labute approximate surface area is 117 Å². The molecule has 0 aliphatic carbocycles. The van der Waals surface area contributed by atoms with Crippen LogP contribution in [0, 0.1) is 5.92 Å². The maximum absolute atomic E-state index is 12.1.